The van der Waals surface area contributed by atoms with Crippen LogP contribution in [0.2, 0.25) is 0 Å². The van der Waals surface area contributed by atoms with Crippen molar-refractivity contribution < 1.29 is 9.59 Å². The summed E-state index contributed by atoms with van der Waals surface area (Å²) in [7, 11) is 0. The van der Waals surface area contributed by atoms with Crippen LogP contribution in [0.25, 0.3) is 0 Å². The molecule has 1 N–H and O–H groups in total. The molecular formula is C24H20N2O2S. The van der Waals surface area contributed by atoms with Crippen LogP contribution in [-0.2, 0) is 5.75 Å². The number of thioether (sulfide) groups is 1. The topological polar surface area (TPSA) is 70.0 Å². The number of ketones is 1. The van der Waals surface area contributed by atoms with E-state index in [0.29, 0.717) is 40.3 Å². The number of nitriles is 1. The van der Waals surface area contributed by atoms with E-state index in [1.165, 1.54) is 0 Å². The summed E-state index contributed by atoms with van der Waals surface area (Å²) < 4.78 is 0. The average molecular weight is 401 g/mol. The number of carbonyl (C=O) groups is 2. The van der Waals surface area contributed by atoms with E-state index < -0.39 is 0 Å². The van der Waals surface area contributed by atoms with Gasteiger partial charge in [-0.1, -0.05) is 66.7 Å². The van der Waals surface area contributed by atoms with Gasteiger partial charge in [0.15, 0.2) is 5.78 Å². The zero-order valence-corrected chi connectivity index (χ0v) is 16.6. The van der Waals surface area contributed by atoms with Crippen LogP contribution < -0.4 is 5.32 Å². The molecular weight excluding hydrogens is 380 g/mol. The molecule has 0 radical (unpaired) electrons. The molecule has 0 saturated carbocycles. The van der Waals surface area contributed by atoms with E-state index in [1.54, 1.807) is 66.4 Å². The molecule has 0 aliphatic rings. The molecule has 0 aliphatic heterocycles. The van der Waals surface area contributed by atoms with Gasteiger partial charge in [0.1, 0.15) is 0 Å². The van der Waals surface area contributed by atoms with Crippen LogP contribution in [0.5, 0.6) is 0 Å². The fourth-order valence-corrected chi connectivity index (χ4v) is 3.76. The van der Waals surface area contributed by atoms with Crippen molar-refractivity contribution in [1.29, 1.82) is 5.26 Å². The maximum absolute atomic E-state index is 12.8. The van der Waals surface area contributed by atoms with Crippen LogP contribution in [-0.4, -0.2) is 24.0 Å². The second-order valence-electron chi connectivity index (χ2n) is 6.32. The summed E-state index contributed by atoms with van der Waals surface area (Å²) in [5, 5.41) is 12.0. The van der Waals surface area contributed by atoms with Crippen molar-refractivity contribution in [2.45, 2.75) is 5.75 Å². The first-order valence-electron chi connectivity index (χ1n) is 9.23. The number of carbonyl (C=O) groups excluding carboxylic acids is 2. The second kappa shape index (κ2) is 10.3. The van der Waals surface area contributed by atoms with Gasteiger partial charge in [0, 0.05) is 29.2 Å². The third-order valence-corrected chi connectivity index (χ3v) is 5.39. The molecule has 5 heteroatoms. The largest absolute Gasteiger partial charge is 0.351 e. The third kappa shape index (κ3) is 5.34. The normalized spacial score (nSPS) is 10.2. The monoisotopic (exact) mass is 400 g/mol. The number of rotatable bonds is 8. The number of amides is 1. The molecule has 3 aromatic carbocycles. The lowest BCUT2D eigenvalue weighted by atomic mass is 9.98. The van der Waals surface area contributed by atoms with Crippen molar-refractivity contribution in [3.8, 4) is 6.07 Å². The van der Waals surface area contributed by atoms with Crippen LogP contribution in [0.1, 0.15) is 37.4 Å². The summed E-state index contributed by atoms with van der Waals surface area (Å²) in [5.74, 6) is 0.991. The van der Waals surface area contributed by atoms with E-state index in [9.17, 15) is 9.59 Å². The van der Waals surface area contributed by atoms with E-state index >= 15 is 0 Å². The maximum atomic E-state index is 12.8. The zero-order chi connectivity index (χ0) is 20.5. The van der Waals surface area contributed by atoms with Gasteiger partial charge >= 0.3 is 0 Å². The minimum atomic E-state index is -0.261. The van der Waals surface area contributed by atoms with Crippen LogP contribution in [0.3, 0.4) is 0 Å². The van der Waals surface area contributed by atoms with Crippen LogP contribution in [0.4, 0.5) is 0 Å². The maximum Gasteiger partial charge on any atom is 0.252 e. The Morgan fingerprint density at radius 1 is 0.862 bits per heavy atom. The lowest BCUT2D eigenvalue weighted by Gasteiger charge is -2.10. The molecule has 0 aromatic heterocycles. The van der Waals surface area contributed by atoms with Gasteiger partial charge in [0.2, 0.25) is 0 Å². The Balaban J connectivity index is 1.56. The fraction of sp³-hybridized carbons (Fsp3) is 0.125. The second-order valence-corrected chi connectivity index (χ2v) is 7.42. The molecule has 3 aromatic rings. The first-order chi connectivity index (χ1) is 14.2. The van der Waals surface area contributed by atoms with E-state index in [1.807, 2.05) is 24.3 Å². The number of hydrogen-bond acceptors (Lipinski definition) is 4. The van der Waals surface area contributed by atoms with Crippen molar-refractivity contribution in [3.05, 3.63) is 107 Å². The van der Waals surface area contributed by atoms with Crippen molar-refractivity contribution in [2.75, 3.05) is 12.3 Å². The smallest absolute Gasteiger partial charge is 0.252 e. The lowest BCUT2D eigenvalue weighted by molar-refractivity contribution is 0.0944. The van der Waals surface area contributed by atoms with Gasteiger partial charge in [0.25, 0.3) is 5.91 Å². The fourth-order valence-electron chi connectivity index (χ4n) is 2.89. The molecule has 4 nitrogen and oxygen atoms in total. The van der Waals surface area contributed by atoms with Crippen molar-refractivity contribution in [2.24, 2.45) is 0 Å². The van der Waals surface area contributed by atoms with Gasteiger partial charge in [-0.3, -0.25) is 9.59 Å². The number of hydrogen-bond donors (Lipinski definition) is 1. The summed E-state index contributed by atoms with van der Waals surface area (Å²) in [6, 6.07) is 25.5. The van der Waals surface area contributed by atoms with Crippen molar-refractivity contribution in [3.63, 3.8) is 0 Å². The average Bonchev–Trinajstić information content (AvgIpc) is 2.79. The SMILES string of the molecule is N#Cc1ccccc1CSCCNC(=O)c1ccccc1C(=O)c1ccccc1. The van der Waals surface area contributed by atoms with Gasteiger partial charge < -0.3 is 5.32 Å². The van der Waals surface area contributed by atoms with Crippen molar-refractivity contribution in [1.82, 2.24) is 5.32 Å². The summed E-state index contributed by atoms with van der Waals surface area (Å²) in [6.07, 6.45) is 0. The van der Waals surface area contributed by atoms with Gasteiger partial charge in [-0.25, -0.2) is 0 Å². The van der Waals surface area contributed by atoms with Crippen molar-refractivity contribution >= 4 is 23.5 Å². The standard InChI is InChI=1S/C24H20N2O2S/c25-16-19-10-4-5-11-20(19)17-29-15-14-26-24(28)22-13-7-6-12-21(22)23(27)18-8-2-1-3-9-18/h1-13H,14-15,17H2,(H,26,28). The van der Waals surface area contributed by atoms with Crippen LogP contribution in [0.15, 0.2) is 78.9 Å². The molecule has 29 heavy (non-hydrogen) atoms. The summed E-state index contributed by atoms with van der Waals surface area (Å²) in [5.41, 5.74) is 3.00. The summed E-state index contributed by atoms with van der Waals surface area (Å²) >= 11 is 1.65. The highest BCUT2D eigenvalue weighted by atomic mass is 32.2. The summed E-state index contributed by atoms with van der Waals surface area (Å²) in [4.78, 5) is 25.4. The quantitative estimate of drug-likeness (QED) is 0.448. The summed E-state index contributed by atoms with van der Waals surface area (Å²) in [6.45, 7) is 0.478. The Hall–Kier alpha value is -3.36. The predicted octanol–water partition coefficient (Wildman–Crippen LogP) is 4.45. The zero-order valence-electron chi connectivity index (χ0n) is 15.8. The van der Waals surface area contributed by atoms with E-state index in [4.69, 9.17) is 5.26 Å². The molecule has 3 rings (SSSR count). The van der Waals surface area contributed by atoms with Gasteiger partial charge in [-0.2, -0.15) is 17.0 Å². The molecule has 0 saturated heterocycles. The highest BCUT2D eigenvalue weighted by Crippen LogP contribution is 2.17. The molecule has 0 atom stereocenters. The van der Waals surface area contributed by atoms with Gasteiger partial charge in [0.05, 0.1) is 17.2 Å². The van der Waals surface area contributed by atoms with E-state index in [2.05, 4.69) is 11.4 Å². The minimum absolute atomic E-state index is 0.168. The molecule has 0 heterocycles. The molecule has 0 aliphatic carbocycles. The Bertz CT molecular complexity index is 1040. The lowest BCUT2D eigenvalue weighted by Crippen LogP contribution is -2.27. The molecule has 0 fully saturated rings. The van der Waals surface area contributed by atoms with Gasteiger partial charge in [-0.15, -0.1) is 0 Å². The Morgan fingerprint density at radius 2 is 1.52 bits per heavy atom. The molecule has 1 amide bonds. The van der Waals surface area contributed by atoms with Crippen LogP contribution >= 0.6 is 11.8 Å². The predicted molar refractivity (Wildman–Crippen MR) is 116 cm³/mol. The Labute approximate surface area is 174 Å². The third-order valence-electron chi connectivity index (χ3n) is 4.38. The molecule has 0 unspecified atom stereocenters. The highest BCUT2D eigenvalue weighted by Gasteiger charge is 2.17. The van der Waals surface area contributed by atoms with E-state index in [0.717, 1.165) is 5.56 Å². The Morgan fingerprint density at radius 3 is 2.28 bits per heavy atom. The first kappa shape index (κ1) is 20.4. The van der Waals surface area contributed by atoms with Gasteiger partial charge in [-0.05, 0) is 17.7 Å². The molecule has 0 bridgehead atoms. The number of nitrogens with zero attached hydrogens (tertiary/aromatic N) is 1. The highest BCUT2D eigenvalue weighted by molar-refractivity contribution is 7.98. The number of benzene rings is 3. The molecule has 0 spiro atoms. The molecule has 144 valence electrons. The van der Waals surface area contributed by atoms with E-state index in [-0.39, 0.29) is 11.7 Å². The minimum Gasteiger partial charge on any atom is -0.351 e. The Kier molecular flexibility index (Phi) is 7.21. The number of nitrogens with one attached hydrogen (secondary N) is 1. The van der Waals surface area contributed by atoms with Crippen LogP contribution in [0, 0.1) is 11.3 Å². The first-order valence-corrected chi connectivity index (χ1v) is 10.4.